The Morgan fingerprint density at radius 1 is 1.22 bits per heavy atom. The Kier molecular flexibility index (Phi) is 4.55. The second-order valence-corrected chi connectivity index (χ2v) is 5.43. The maximum absolute atomic E-state index is 12.3. The SMILES string of the molecule is O=c1c2cccnc2ncn1C[C@H](O)COc1ccc(Cl)cc1. The smallest absolute Gasteiger partial charge is 0.262 e. The summed E-state index contributed by atoms with van der Waals surface area (Å²) >= 11 is 5.79. The van der Waals surface area contributed by atoms with Gasteiger partial charge in [-0.25, -0.2) is 9.97 Å². The van der Waals surface area contributed by atoms with Gasteiger partial charge in [0.1, 0.15) is 24.8 Å². The van der Waals surface area contributed by atoms with Crippen LogP contribution in [-0.2, 0) is 6.54 Å². The van der Waals surface area contributed by atoms with Crippen LogP contribution in [0.25, 0.3) is 11.0 Å². The molecule has 0 aliphatic heterocycles. The molecule has 0 radical (unpaired) electrons. The van der Waals surface area contributed by atoms with Gasteiger partial charge in [0, 0.05) is 11.2 Å². The van der Waals surface area contributed by atoms with E-state index in [0.717, 1.165) is 0 Å². The average Bonchev–Trinajstić information content (AvgIpc) is 2.57. The number of nitrogens with zero attached hydrogens (tertiary/aromatic N) is 3. The van der Waals surface area contributed by atoms with E-state index in [9.17, 15) is 9.90 Å². The Balaban J connectivity index is 1.68. The first-order valence-electron chi connectivity index (χ1n) is 7.00. The molecule has 2 aromatic heterocycles. The monoisotopic (exact) mass is 331 g/mol. The molecule has 23 heavy (non-hydrogen) atoms. The zero-order valence-corrected chi connectivity index (χ0v) is 12.8. The van der Waals surface area contributed by atoms with Crippen LogP contribution in [-0.4, -0.2) is 32.4 Å². The normalized spacial score (nSPS) is 12.3. The van der Waals surface area contributed by atoms with E-state index in [0.29, 0.717) is 21.8 Å². The molecule has 0 aliphatic carbocycles. The highest BCUT2D eigenvalue weighted by Crippen LogP contribution is 2.15. The van der Waals surface area contributed by atoms with Crippen molar-refractivity contribution >= 4 is 22.6 Å². The number of halogens is 1. The number of rotatable bonds is 5. The second-order valence-electron chi connectivity index (χ2n) is 5.00. The lowest BCUT2D eigenvalue weighted by molar-refractivity contribution is 0.0915. The van der Waals surface area contributed by atoms with Crippen molar-refractivity contribution in [2.75, 3.05) is 6.61 Å². The van der Waals surface area contributed by atoms with E-state index < -0.39 is 6.10 Å². The van der Waals surface area contributed by atoms with Gasteiger partial charge < -0.3 is 9.84 Å². The van der Waals surface area contributed by atoms with Crippen molar-refractivity contribution in [3.63, 3.8) is 0 Å². The van der Waals surface area contributed by atoms with Gasteiger partial charge in [-0.2, -0.15) is 0 Å². The van der Waals surface area contributed by atoms with Crippen LogP contribution in [0.1, 0.15) is 0 Å². The number of pyridine rings is 1. The number of hydrogen-bond donors (Lipinski definition) is 1. The molecule has 0 fully saturated rings. The van der Waals surface area contributed by atoms with Crippen molar-refractivity contribution < 1.29 is 9.84 Å². The lowest BCUT2D eigenvalue weighted by atomic mass is 10.3. The highest BCUT2D eigenvalue weighted by Gasteiger charge is 2.10. The Bertz CT molecular complexity index is 864. The lowest BCUT2D eigenvalue weighted by Gasteiger charge is -2.14. The topological polar surface area (TPSA) is 77.2 Å². The quantitative estimate of drug-likeness (QED) is 0.772. The average molecular weight is 332 g/mol. The molecule has 1 atom stereocenters. The molecule has 1 aromatic carbocycles. The van der Waals surface area contributed by atoms with Crippen LogP contribution in [0, 0.1) is 0 Å². The number of aromatic nitrogens is 3. The van der Waals surface area contributed by atoms with Gasteiger partial charge in [0.05, 0.1) is 11.9 Å². The van der Waals surface area contributed by atoms with Crippen molar-refractivity contribution in [1.82, 2.24) is 14.5 Å². The zero-order chi connectivity index (χ0) is 16.2. The summed E-state index contributed by atoms with van der Waals surface area (Å²) < 4.78 is 6.81. The Labute approximate surface area is 137 Å². The fourth-order valence-electron chi connectivity index (χ4n) is 2.13. The fourth-order valence-corrected chi connectivity index (χ4v) is 2.26. The van der Waals surface area contributed by atoms with Gasteiger partial charge in [-0.05, 0) is 36.4 Å². The number of aliphatic hydroxyl groups excluding tert-OH is 1. The zero-order valence-electron chi connectivity index (χ0n) is 12.1. The molecular weight excluding hydrogens is 318 g/mol. The first-order valence-corrected chi connectivity index (χ1v) is 7.38. The van der Waals surface area contributed by atoms with Gasteiger partial charge in [0.15, 0.2) is 5.65 Å². The van der Waals surface area contributed by atoms with E-state index in [1.54, 1.807) is 42.6 Å². The summed E-state index contributed by atoms with van der Waals surface area (Å²) in [5.74, 6) is 0.599. The summed E-state index contributed by atoms with van der Waals surface area (Å²) in [6.07, 6.45) is 2.11. The Morgan fingerprint density at radius 3 is 2.78 bits per heavy atom. The van der Waals surface area contributed by atoms with E-state index in [4.69, 9.17) is 16.3 Å². The third-order valence-electron chi connectivity index (χ3n) is 3.26. The third-order valence-corrected chi connectivity index (χ3v) is 3.51. The van der Waals surface area contributed by atoms with Gasteiger partial charge in [0.2, 0.25) is 0 Å². The summed E-state index contributed by atoms with van der Waals surface area (Å²) in [7, 11) is 0. The van der Waals surface area contributed by atoms with Crippen molar-refractivity contribution in [1.29, 1.82) is 0 Å². The van der Waals surface area contributed by atoms with E-state index >= 15 is 0 Å². The minimum atomic E-state index is -0.848. The van der Waals surface area contributed by atoms with Gasteiger partial charge in [-0.1, -0.05) is 11.6 Å². The summed E-state index contributed by atoms with van der Waals surface area (Å²) in [5.41, 5.74) is 0.147. The van der Waals surface area contributed by atoms with Crippen LogP contribution in [0.4, 0.5) is 0 Å². The van der Waals surface area contributed by atoms with Crippen molar-refractivity contribution in [2.24, 2.45) is 0 Å². The van der Waals surface area contributed by atoms with E-state index in [1.807, 2.05) is 0 Å². The van der Waals surface area contributed by atoms with Crippen LogP contribution in [0.5, 0.6) is 5.75 Å². The van der Waals surface area contributed by atoms with Crippen molar-refractivity contribution in [3.8, 4) is 5.75 Å². The number of fused-ring (bicyclic) bond motifs is 1. The summed E-state index contributed by atoms with van der Waals surface area (Å²) in [4.78, 5) is 20.4. The van der Waals surface area contributed by atoms with E-state index in [1.165, 1.54) is 10.9 Å². The first-order chi connectivity index (χ1) is 11.1. The number of ether oxygens (including phenoxy) is 1. The Hall–Kier alpha value is -2.44. The highest BCUT2D eigenvalue weighted by molar-refractivity contribution is 6.30. The maximum Gasteiger partial charge on any atom is 0.262 e. The summed E-state index contributed by atoms with van der Waals surface area (Å²) in [5, 5.41) is 11.1. The molecule has 1 N–H and O–H groups in total. The molecular formula is C16H14ClN3O3. The summed E-state index contributed by atoms with van der Waals surface area (Å²) in [6, 6.07) is 10.2. The lowest BCUT2D eigenvalue weighted by Crippen LogP contribution is -2.30. The molecule has 118 valence electrons. The molecule has 0 saturated heterocycles. The van der Waals surface area contributed by atoms with Crippen molar-refractivity contribution in [3.05, 3.63) is 64.3 Å². The highest BCUT2D eigenvalue weighted by atomic mass is 35.5. The van der Waals surface area contributed by atoms with E-state index in [2.05, 4.69) is 9.97 Å². The molecule has 2 heterocycles. The van der Waals surface area contributed by atoms with Crippen LogP contribution in [0.15, 0.2) is 53.7 Å². The number of benzene rings is 1. The minimum Gasteiger partial charge on any atom is -0.491 e. The standard InChI is InChI=1S/C16H14ClN3O3/c17-11-3-5-13(6-4-11)23-9-12(21)8-20-10-19-15-14(16(20)22)2-1-7-18-15/h1-7,10,12,21H,8-9H2/t12-/m0/s1. The molecule has 3 aromatic rings. The van der Waals surface area contributed by atoms with Crippen LogP contribution in [0.2, 0.25) is 5.02 Å². The number of aliphatic hydroxyl groups is 1. The second kappa shape index (κ2) is 6.76. The molecule has 0 aliphatic rings. The van der Waals surface area contributed by atoms with Crippen molar-refractivity contribution in [2.45, 2.75) is 12.6 Å². The minimum absolute atomic E-state index is 0.0547. The van der Waals surface area contributed by atoms with Crippen LogP contribution < -0.4 is 10.3 Å². The molecule has 0 bridgehead atoms. The van der Waals surface area contributed by atoms with Gasteiger partial charge in [-0.15, -0.1) is 0 Å². The number of hydrogen-bond acceptors (Lipinski definition) is 5. The predicted octanol–water partition coefficient (Wildman–Crippen LogP) is 1.88. The van der Waals surface area contributed by atoms with Crippen LogP contribution in [0.3, 0.4) is 0 Å². The van der Waals surface area contributed by atoms with Gasteiger partial charge >= 0.3 is 0 Å². The van der Waals surface area contributed by atoms with Gasteiger partial charge in [-0.3, -0.25) is 9.36 Å². The molecule has 6 nitrogen and oxygen atoms in total. The Morgan fingerprint density at radius 2 is 2.00 bits per heavy atom. The third kappa shape index (κ3) is 3.67. The maximum atomic E-state index is 12.3. The van der Waals surface area contributed by atoms with Gasteiger partial charge in [0.25, 0.3) is 5.56 Å². The molecule has 0 spiro atoms. The summed E-state index contributed by atoms with van der Waals surface area (Å²) in [6.45, 7) is 0.142. The predicted molar refractivity (Wildman–Crippen MR) is 86.8 cm³/mol. The first kappa shape index (κ1) is 15.5. The molecule has 3 rings (SSSR count). The fraction of sp³-hybridized carbons (Fsp3) is 0.188. The van der Waals surface area contributed by atoms with Crippen LogP contribution >= 0.6 is 11.6 Å². The van der Waals surface area contributed by atoms with E-state index in [-0.39, 0.29) is 18.7 Å². The molecule has 0 amide bonds. The largest absolute Gasteiger partial charge is 0.491 e. The molecule has 0 unspecified atom stereocenters. The molecule has 7 heteroatoms. The molecule has 0 saturated carbocycles.